The molecule has 6 nitrogen and oxygen atoms in total. The Bertz CT molecular complexity index is 372. The maximum absolute atomic E-state index is 11.4. The average Bonchev–Trinajstić information content (AvgIpc) is 2.64. The molecular weight excluding hydrogens is 218 g/mol. The molecule has 0 bridgehead atoms. The fourth-order valence-corrected chi connectivity index (χ4v) is 1.82. The second-order valence-electron chi connectivity index (χ2n) is 3.44. The summed E-state index contributed by atoms with van der Waals surface area (Å²) in [6.45, 7) is 4.17. The van der Waals surface area contributed by atoms with Gasteiger partial charge in [0.2, 0.25) is 6.39 Å². The van der Waals surface area contributed by atoms with Crippen LogP contribution in [-0.4, -0.2) is 36.1 Å². The number of hydrogen-bond acceptors (Lipinski definition) is 6. The Labute approximate surface area is 89.0 Å². The summed E-state index contributed by atoms with van der Waals surface area (Å²) in [6.07, 6.45) is 1.24. The predicted octanol–water partition coefficient (Wildman–Crippen LogP) is -0.0176. The molecule has 0 aliphatic rings. The molecule has 0 unspecified atom stereocenters. The molecule has 0 aliphatic carbocycles. The van der Waals surface area contributed by atoms with Crippen molar-refractivity contribution < 1.29 is 12.9 Å². The van der Waals surface area contributed by atoms with E-state index >= 15 is 0 Å². The van der Waals surface area contributed by atoms with Gasteiger partial charge < -0.3 is 9.84 Å². The Morgan fingerprint density at radius 2 is 2.27 bits per heavy atom. The normalized spacial score (nSPS) is 12.2. The SMILES string of the molecule is CC(C)S(=O)(=O)CCNCc1ncon1. The summed E-state index contributed by atoms with van der Waals surface area (Å²) in [5.74, 6) is 0.652. The summed E-state index contributed by atoms with van der Waals surface area (Å²) in [7, 11) is -2.97. The first kappa shape index (κ1) is 12.1. The van der Waals surface area contributed by atoms with Crippen molar-refractivity contribution in [1.82, 2.24) is 15.5 Å². The van der Waals surface area contributed by atoms with Gasteiger partial charge in [-0.25, -0.2) is 8.42 Å². The first-order chi connectivity index (χ1) is 7.02. The van der Waals surface area contributed by atoms with Gasteiger partial charge in [-0.1, -0.05) is 5.16 Å². The van der Waals surface area contributed by atoms with Crippen molar-refractivity contribution in [3.05, 3.63) is 12.2 Å². The highest BCUT2D eigenvalue weighted by atomic mass is 32.2. The van der Waals surface area contributed by atoms with Crippen molar-refractivity contribution in [2.24, 2.45) is 0 Å². The second-order valence-corrected chi connectivity index (χ2v) is 6.12. The standard InChI is InChI=1S/C8H15N3O3S/c1-7(2)15(12,13)4-3-9-5-8-10-6-14-11-8/h6-7,9H,3-5H2,1-2H3. The Hall–Kier alpha value is -0.950. The quantitative estimate of drug-likeness (QED) is 0.695. The molecule has 0 saturated heterocycles. The lowest BCUT2D eigenvalue weighted by atomic mass is 10.6. The molecule has 0 saturated carbocycles. The number of sulfone groups is 1. The van der Waals surface area contributed by atoms with Gasteiger partial charge in [-0.3, -0.25) is 0 Å². The van der Waals surface area contributed by atoms with Crippen LogP contribution in [0.2, 0.25) is 0 Å². The van der Waals surface area contributed by atoms with E-state index in [0.717, 1.165) is 0 Å². The maximum atomic E-state index is 11.4. The molecule has 1 heterocycles. The van der Waals surface area contributed by atoms with Crippen LogP contribution in [0.3, 0.4) is 0 Å². The van der Waals surface area contributed by atoms with Crippen LogP contribution in [0.1, 0.15) is 19.7 Å². The van der Waals surface area contributed by atoms with E-state index < -0.39 is 9.84 Å². The van der Waals surface area contributed by atoms with Crippen molar-refractivity contribution in [2.45, 2.75) is 25.6 Å². The van der Waals surface area contributed by atoms with E-state index in [1.165, 1.54) is 6.39 Å². The molecule has 1 aromatic rings. The first-order valence-corrected chi connectivity index (χ1v) is 6.41. The maximum Gasteiger partial charge on any atom is 0.213 e. The zero-order valence-corrected chi connectivity index (χ0v) is 9.62. The van der Waals surface area contributed by atoms with Gasteiger partial charge in [0, 0.05) is 6.54 Å². The molecule has 0 aliphatic heterocycles. The van der Waals surface area contributed by atoms with E-state index in [1.54, 1.807) is 13.8 Å². The lowest BCUT2D eigenvalue weighted by molar-refractivity contribution is 0.407. The highest BCUT2D eigenvalue weighted by Gasteiger charge is 2.14. The number of hydrogen-bond donors (Lipinski definition) is 1. The predicted molar refractivity (Wildman–Crippen MR) is 54.9 cm³/mol. The van der Waals surface area contributed by atoms with Gasteiger partial charge in [0.25, 0.3) is 0 Å². The van der Waals surface area contributed by atoms with Crippen LogP contribution in [0.4, 0.5) is 0 Å². The van der Waals surface area contributed by atoms with Crippen LogP contribution < -0.4 is 5.32 Å². The van der Waals surface area contributed by atoms with E-state index in [9.17, 15) is 8.42 Å². The molecule has 1 N–H and O–H groups in total. The molecule has 1 rings (SSSR count). The summed E-state index contributed by atoms with van der Waals surface area (Å²) in [5, 5.41) is 6.19. The van der Waals surface area contributed by atoms with E-state index in [0.29, 0.717) is 18.9 Å². The highest BCUT2D eigenvalue weighted by Crippen LogP contribution is 1.99. The second kappa shape index (κ2) is 5.22. The summed E-state index contributed by atoms with van der Waals surface area (Å²) >= 11 is 0. The van der Waals surface area contributed by atoms with Crippen molar-refractivity contribution in [2.75, 3.05) is 12.3 Å². The Morgan fingerprint density at radius 1 is 1.53 bits per heavy atom. The molecule has 0 atom stereocenters. The zero-order valence-electron chi connectivity index (χ0n) is 8.80. The molecule has 0 fully saturated rings. The monoisotopic (exact) mass is 233 g/mol. The van der Waals surface area contributed by atoms with Crippen LogP contribution in [0.25, 0.3) is 0 Å². The highest BCUT2D eigenvalue weighted by molar-refractivity contribution is 7.92. The molecule has 0 aromatic carbocycles. The van der Waals surface area contributed by atoms with Gasteiger partial charge in [0.15, 0.2) is 15.7 Å². The fourth-order valence-electron chi connectivity index (χ4n) is 0.921. The lowest BCUT2D eigenvalue weighted by Gasteiger charge is -2.07. The van der Waals surface area contributed by atoms with Crippen LogP contribution in [0.5, 0.6) is 0 Å². The minimum absolute atomic E-state index is 0.127. The zero-order chi connectivity index (χ0) is 11.3. The first-order valence-electron chi connectivity index (χ1n) is 4.70. The minimum atomic E-state index is -2.97. The third-order valence-corrected chi connectivity index (χ3v) is 4.18. The van der Waals surface area contributed by atoms with Crippen LogP contribution >= 0.6 is 0 Å². The number of nitrogens with zero attached hydrogens (tertiary/aromatic N) is 2. The fraction of sp³-hybridized carbons (Fsp3) is 0.750. The van der Waals surface area contributed by atoms with E-state index in [2.05, 4.69) is 20.0 Å². The molecule has 0 spiro atoms. The molecular formula is C8H15N3O3S. The van der Waals surface area contributed by atoms with E-state index in [4.69, 9.17) is 0 Å². The van der Waals surface area contributed by atoms with Crippen LogP contribution in [-0.2, 0) is 16.4 Å². The lowest BCUT2D eigenvalue weighted by Crippen LogP contribution is -2.27. The molecule has 0 amide bonds. The van der Waals surface area contributed by atoms with Crippen molar-refractivity contribution in [3.8, 4) is 0 Å². The van der Waals surface area contributed by atoms with Crippen molar-refractivity contribution in [3.63, 3.8) is 0 Å². The van der Waals surface area contributed by atoms with Gasteiger partial charge >= 0.3 is 0 Å². The minimum Gasteiger partial charge on any atom is -0.343 e. The average molecular weight is 233 g/mol. The topological polar surface area (TPSA) is 85.1 Å². The summed E-state index contributed by atoms with van der Waals surface area (Å²) < 4.78 is 27.3. The molecule has 15 heavy (non-hydrogen) atoms. The largest absolute Gasteiger partial charge is 0.343 e. The van der Waals surface area contributed by atoms with Crippen LogP contribution in [0.15, 0.2) is 10.9 Å². The summed E-state index contributed by atoms with van der Waals surface area (Å²) in [6, 6.07) is 0. The van der Waals surface area contributed by atoms with Crippen molar-refractivity contribution >= 4 is 9.84 Å². The number of rotatable bonds is 6. The van der Waals surface area contributed by atoms with Gasteiger partial charge in [-0.05, 0) is 13.8 Å². The Balaban J connectivity index is 2.23. The summed E-state index contributed by atoms with van der Waals surface area (Å²) in [4.78, 5) is 3.80. The Morgan fingerprint density at radius 3 is 2.80 bits per heavy atom. The molecule has 7 heteroatoms. The molecule has 86 valence electrons. The number of nitrogens with one attached hydrogen (secondary N) is 1. The van der Waals surface area contributed by atoms with E-state index in [1.807, 2.05) is 0 Å². The van der Waals surface area contributed by atoms with Crippen molar-refractivity contribution in [1.29, 1.82) is 0 Å². The number of aromatic nitrogens is 2. The smallest absolute Gasteiger partial charge is 0.213 e. The van der Waals surface area contributed by atoms with E-state index in [-0.39, 0.29) is 11.0 Å². The third kappa shape index (κ3) is 3.96. The molecule has 0 radical (unpaired) electrons. The van der Waals surface area contributed by atoms with Gasteiger partial charge in [0.05, 0.1) is 17.5 Å². The Kier molecular flexibility index (Phi) is 4.22. The van der Waals surface area contributed by atoms with Gasteiger partial charge in [0.1, 0.15) is 0 Å². The van der Waals surface area contributed by atoms with Gasteiger partial charge in [-0.2, -0.15) is 4.98 Å². The summed E-state index contributed by atoms with van der Waals surface area (Å²) in [5.41, 5.74) is 0. The third-order valence-electron chi connectivity index (χ3n) is 1.97. The van der Waals surface area contributed by atoms with Gasteiger partial charge in [-0.15, -0.1) is 0 Å². The van der Waals surface area contributed by atoms with Crippen LogP contribution in [0, 0.1) is 0 Å². The molecule has 1 aromatic heterocycles.